The van der Waals surface area contributed by atoms with E-state index in [9.17, 15) is 19.5 Å². The summed E-state index contributed by atoms with van der Waals surface area (Å²) in [5, 5.41) is 8.64. The molecule has 0 aromatic rings. The van der Waals surface area contributed by atoms with Gasteiger partial charge in [-0.05, 0) is 64.2 Å². The molecule has 0 radical (unpaired) electrons. The molecular weight excluding hydrogens is 445 g/mol. The fraction of sp³-hybridized carbons (Fsp3) is 0.857. The van der Waals surface area contributed by atoms with Crippen LogP contribution in [0.4, 0.5) is 0 Å². The number of allylic oxidation sites excluding steroid dienone is 4. The van der Waals surface area contributed by atoms with Gasteiger partial charge in [-0.1, -0.05) is 82.6 Å². The molecule has 0 saturated carbocycles. The lowest BCUT2D eigenvalue weighted by molar-refractivity contribution is -0.875. The SMILES string of the molecule is CCCCC/C=C\CCCC/C=C\CCCCCCCCCCC(O)(C[N+](C)(C)C)P(=O)(O)O. The number of likely N-dealkylation sites (N-methyl/N-ethyl adjacent to an activating group) is 1. The molecular formula is C28H57NO4P+. The molecule has 202 valence electrons. The first kappa shape index (κ1) is 33.5. The van der Waals surface area contributed by atoms with Crippen LogP contribution >= 0.6 is 7.60 Å². The van der Waals surface area contributed by atoms with Crippen LogP contribution in [-0.2, 0) is 4.57 Å². The Labute approximate surface area is 211 Å². The Morgan fingerprint density at radius 3 is 1.38 bits per heavy atom. The monoisotopic (exact) mass is 502 g/mol. The van der Waals surface area contributed by atoms with Gasteiger partial charge < -0.3 is 19.4 Å². The molecule has 0 aliphatic carbocycles. The molecule has 0 saturated heterocycles. The molecule has 0 amide bonds. The lowest BCUT2D eigenvalue weighted by atomic mass is 10.0. The van der Waals surface area contributed by atoms with Crippen molar-refractivity contribution in [3.8, 4) is 0 Å². The highest BCUT2D eigenvalue weighted by Gasteiger charge is 2.48. The Hall–Kier alpha value is -0.450. The summed E-state index contributed by atoms with van der Waals surface area (Å²) in [5.74, 6) is 0. The van der Waals surface area contributed by atoms with E-state index in [0.29, 0.717) is 10.9 Å². The van der Waals surface area contributed by atoms with E-state index in [4.69, 9.17) is 0 Å². The van der Waals surface area contributed by atoms with Crippen LogP contribution in [0, 0.1) is 0 Å². The molecule has 0 fully saturated rings. The molecule has 6 heteroatoms. The number of hydrogen-bond donors (Lipinski definition) is 3. The van der Waals surface area contributed by atoms with Gasteiger partial charge in [0.15, 0.2) is 0 Å². The molecule has 0 heterocycles. The summed E-state index contributed by atoms with van der Waals surface area (Å²) >= 11 is 0. The van der Waals surface area contributed by atoms with E-state index in [1.807, 2.05) is 21.1 Å². The van der Waals surface area contributed by atoms with E-state index in [1.165, 1.54) is 83.5 Å². The molecule has 0 rings (SSSR count). The minimum absolute atomic E-state index is 0.0578. The molecule has 0 aromatic heterocycles. The molecule has 0 aromatic carbocycles. The average Bonchev–Trinajstić information content (AvgIpc) is 2.73. The maximum Gasteiger partial charge on any atom is 0.362 e. The molecule has 0 aliphatic rings. The number of quaternary nitrogens is 1. The number of hydrogen-bond acceptors (Lipinski definition) is 2. The summed E-state index contributed by atoms with van der Waals surface area (Å²) in [7, 11) is 0.970. The Bertz CT molecular complexity index is 579. The second-order valence-corrected chi connectivity index (χ2v) is 13.0. The summed E-state index contributed by atoms with van der Waals surface area (Å²) in [6.07, 6.45) is 29.8. The van der Waals surface area contributed by atoms with Gasteiger partial charge in [-0.3, -0.25) is 4.57 Å². The van der Waals surface area contributed by atoms with Crippen molar-refractivity contribution in [2.45, 2.75) is 128 Å². The van der Waals surface area contributed by atoms with Crippen molar-refractivity contribution in [2.75, 3.05) is 27.7 Å². The third kappa shape index (κ3) is 19.8. The summed E-state index contributed by atoms with van der Waals surface area (Å²) in [6, 6.07) is 0. The van der Waals surface area contributed by atoms with Crippen LogP contribution in [0.25, 0.3) is 0 Å². The van der Waals surface area contributed by atoms with Crippen LogP contribution in [0.15, 0.2) is 24.3 Å². The molecule has 0 bridgehead atoms. The normalized spacial score (nSPS) is 14.9. The van der Waals surface area contributed by atoms with Crippen LogP contribution in [0.3, 0.4) is 0 Å². The van der Waals surface area contributed by atoms with Gasteiger partial charge in [0.1, 0.15) is 6.54 Å². The number of aliphatic hydroxyl groups is 1. The fourth-order valence-electron chi connectivity index (χ4n) is 4.32. The lowest BCUT2D eigenvalue weighted by Crippen LogP contribution is -2.49. The van der Waals surface area contributed by atoms with Gasteiger partial charge in [0, 0.05) is 0 Å². The second kappa shape index (κ2) is 19.7. The van der Waals surface area contributed by atoms with Gasteiger partial charge >= 0.3 is 7.60 Å². The third-order valence-electron chi connectivity index (χ3n) is 6.27. The van der Waals surface area contributed by atoms with Crippen molar-refractivity contribution in [1.29, 1.82) is 0 Å². The van der Waals surface area contributed by atoms with Gasteiger partial charge in [0.2, 0.25) is 5.34 Å². The second-order valence-electron chi connectivity index (χ2n) is 11.1. The van der Waals surface area contributed by atoms with Gasteiger partial charge in [-0.2, -0.15) is 0 Å². The van der Waals surface area contributed by atoms with Gasteiger partial charge in [0.25, 0.3) is 0 Å². The summed E-state index contributed by atoms with van der Waals surface area (Å²) in [4.78, 5) is 19.2. The lowest BCUT2D eigenvalue weighted by Gasteiger charge is -2.35. The maximum atomic E-state index is 11.8. The first-order chi connectivity index (χ1) is 16.0. The van der Waals surface area contributed by atoms with Crippen LogP contribution in [0.5, 0.6) is 0 Å². The molecule has 1 atom stereocenters. The van der Waals surface area contributed by atoms with E-state index in [1.54, 1.807) is 0 Å². The van der Waals surface area contributed by atoms with Gasteiger partial charge in [-0.25, -0.2) is 0 Å². The van der Waals surface area contributed by atoms with Crippen LogP contribution in [-0.4, -0.2) is 52.4 Å². The highest BCUT2D eigenvalue weighted by Crippen LogP contribution is 2.52. The van der Waals surface area contributed by atoms with Crippen LogP contribution in [0.2, 0.25) is 0 Å². The van der Waals surface area contributed by atoms with E-state index < -0.39 is 12.9 Å². The van der Waals surface area contributed by atoms with Crippen molar-refractivity contribution in [3.05, 3.63) is 24.3 Å². The van der Waals surface area contributed by atoms with Crippen molar-refractivity contribution < 1.29 is 23.9 Å². The van der Waals surface area contributed by atoms with E-state index in [-0.39, 0.29) is 13.0 Å². The van der Waals surface area contributed by atoms with Crippen molar-refractivity contribution in [3.63, 3.8) is 0 Å². The molecule has 0 spiro atoms. The molecule has 0 aliphatic heterocycles. The average molecular weight is 503 g/mol. The minimum atomic E-state index is -4.55. The summed E-state index contributed by atoms with van der Waals surface area (Å²) < 4.78 is 12.1. The largest absolute Gasteiger partial charge is 0.373 e. The highest BCUT2D eigenvalue weighted by atomic mass is 31.2. The molecule has 5 nitrogen and oxygen atoms in total. The molecule has 1 unspecified atom stereocenters. The smallest absolute Gasteiger partial charge is 0.362 e. The Morgan fingerprint density at radius 1 is 0.647 bits per heavy atom. The van der Waals surface area contributed by atoms with Crippen LogP contribution < -0.4 is 0 Å². The van der Waals surface area contributed by atoms with E-state index in [2.05, 4.69) is 31.2 Å². The van der Waals surface area contributed by atoms with Crippen molar-refractivity contribution in [1.82, 2.24) is 0 Å². The Morgan fingerprint density at radius 2 is 1.00 bits per heavy atom. The fourth-order valence-corrected chi connectivity index (χ4v) is 5.37. The molecule has 34 heavy (non-hydrogen) atoms. The van der Waals surface area contributed by atoms with Crippen LogP contribution in [0.1, 0.15) is 122 Å². The van der Waals surface area contributed by atoms with E-state index in [0.717, 1.165) is 19.3 Å². The standard InChI is InChI=1S/C28H56NO4P/c1-5-6-7-8-9-10-11-12-13-14-15-16-17-18-19-20-21-22-23-24-25-26-28(30,34(31,32)33)27-29(2,3)4/h9-10,15-16,30H,5-8,11-14,17-27H2,1-4H3,(H-,31,32,33)/p+1/b10-9-,16-15-. The van der Waals surface area contributed by atoms with E-state index >= 15 is 0 Å². The summed E-state index contributed by atoms with van der Waals surface area (Å²) in [6.45, 7) is 2.31. The van der Waals surface area contributed by atoms with Gasteiger partial charge in [0.05, 0.1) is 21.1 Å². The summed E-state index contributed by atoms with van der Waals surface area (Å²) in [5.41, 5.74) is 0. The highest BCUT2D eigenvalue weighted by molar-refractivity contribution is 7.53. The zero-order chi connectivity index (χ0) is 25.8. The maximum absolute atomic E-state index is 11.8. The quantitative estimate of drug-likeness (QED) is 0.0578. The predicted molar refractivity (Wildman–Crippen MR) is 147 cm³/mol. The topological polar surface area (TPSA) is 77.8 Å². The number of rotatable bonds is 23. The predicted octanol–water partition coefficient (Wildman–Crippen LogP) is 7.71. The first-order valence-electron chi connectivity index (χ1n) is 13.9. The Kier molecular flexibility index (Phi) is 19.4. The number of unbranched alkanes of at least 4 members (excludes halogenated alkanes) is 14. The number of nitrogens with zero attached hydrogens (tertiary/aromatic N) is 1. The zero-order valence-corrected chi connectivity index (χ0v) is 23.8. The first-order valence-corrected chi connectivity index (χ1v) is 15.5. The van der Waals surface area contributed by atoms with Crippen molar-refractivity contribution >= 4 is 7.60 Å². The molecule has 3 N–H and O–H groups in total. The van der Waals surface area contributed by atoms with Gasteiger partial charge in [-0.15, -0.1) is 0 Å². The third-order valence-corrected chi connectivity index (χ3v) is 7.72. The Balaban J connectivity index is 3.59. The van der Waals surface area contributed by atoms with Crippen molar-refractivity contribution in [2.24, 2.45) is 0 Å². The zero-order valence-electron chi connectivity index (χ0n) is 22.9. The minimum Gasteiger partial charge on any atom is -0.373 e.